The van der Waals surface area contributed by atoms with Crippen LogP contribution in [0.25, 0.3) is 0 Å². The third-order valence-corrected chi connectivity index (χ3v) is 6.84. The van der Waals surface area contributed by atoms with Gasteiger partial charge < -0.3 is 11.1 Å². The molecule has 3 rings (SSSR count). The second-order valence-corrected chi connectivity index (χ2v) is 8.72. The van der Waals surface area contributed by atoms with Crippen LogP contribution in [0.5, 0.6) is 0 Å². The number of anilines is 2. The van der Waals surface area contributed by atoms with Gasteiger partial charge >= 0.3 is 0 Å². The second-order valence-electron chi connectivity index (χ2n) is 6.05. The summed E-state index contributed by atoms with van der Waals surface area (Å²) in [6.45, 7) is 0.123. The molecular weight excluding hydrogens is 416 g/mol. The molecule has 1 heterocycles. The zero-order chi connectivity index (χ0) is 19.8. The highest BCUT2D eigenvalue weighted by atomic mass is 35.5. The van der Waals surface area contributed by atoms with Crippen molar-refractivity contribution in [3.63, 3.8) is 0 Å². The molecule has 3 N–H and O–H groups in total. The zero-order valence-electron chi connectivity index (χ0n) is 14.0. The van der Waals surface area contributed by atoms with Crippen molar-refractivity contribution in [2.75, 3.05) is 17.6 Å². The summed E-state index contributed by atoms with van der Waals surface area (Å²) in [5, 5.41) is 2.93. The fraction of sp³-hybridized carbons (Fsp3) is 0.235. The molecule has 144 valence electrons. The fourth-order valence-electron chi connectivity index (χ4n) is 2.95. The Balaban J connectivity index is 1.86. The Morgan fingerprint density at radius 3 is 2.48 bits per heavy atom. The number of nitrogens with two attached hydrogens (primary N) is 1. The monoisotopic (exact) mass is 431 g/mol. The van der Waals surface area contributed by atoms with Crippen molar-refractivity contribution in [1.82, 2.24) is 4.31 Å². The molecule has 2 aromatic carbocycles. The molecule has 10 heteroatoms. The molecule has 0 radical (unpaired) electrons. The summed E-state index contributed by atoms with van der Waals surface area (Å²) in [6, 6.07) is 6.95. The molecule has 1 atom stereocenters. The maximum atomic E-state index is 14.0. The highest BCUT2D eigenvalue weighted by Gasteiger charge is 2.40. The first-order chi connectivity index (χ1) is 12.7. The molecule has 1 unspecified atom stereocenters. The van der Waals surface area contributed by atoms with E-state index in [-0.39, 0.29) is 22.3 Å². The van der Waals surface area contributed by atoms with Gasteiger partial charge in [0, 0.05) is 12.2 Å². The Kier molecular flexibility index (Phi) is 5.62. The van der Waals surface area contributed by atoms with E-state index in [0.29, 0.717) is 18.5 Å². The standard InChI is InChI=1S/C17H16Cl2FN3O3S/c18-11-8-10(9-12(19)16(11)21)22-17(24)14-5-3-7-23(14)27(25,26)15-6-2-1-4-13(15)20/h1-2,4,6,8-9,14H,3,5,7,21H2,(H,22,24). The van der Waals surface area contributed by atoms with Crippen LogP contribution < -0.4 is 11.1 Å². The van der Waals surface area contributed by atoms with Crippen LogP contribution in [-0.2, 0) is 14.8 Å². The normalized spacial score (nSPS) is 17.8. The number of hydrogen-bond acceptors (Lipinski definition) is 4. The van der Waals surface area contributed by atoms with E-state index in [4.69, 9.17) is 28.9 Å². The van der Waals surface area contributed by atoms with Crippen LogP contribution in [0, 0.1) is 5.82 Å². The van der Waals surface area contributed by atoms with Crippen molar-refractivity contribution in [2.24, 2.45) is 0 Å². The van der Waals surface area contributed by atoms with Gasteiger partial charge in [-0.25, -0.2) is 12.8 Å². The van der Waals surface area contributed by atoms with E-state index in [0.717, 1.165) is 10.4 Å². The van der Waals surface area contributed by atoms with Gasteiger partial charge in [-0.1, -0.05) is 35.3 Å². The van der Waals surface area contributed by atoms with Crippen LogP contribution in [0.2, 0.25) is 10.0 Å². The second kappa shape index (κ2) is 7.63. The van der Waals surface area contributed by atoms with E-state index in [1.54, 1.807) is 0 Å². The van der Waals surface area contributed by atoms with E-state index in [1.807, 2.05) is 0 Å². The molecule has 0 bridgehead atoms. The van der Waals surface area contributed by atoms with Crippen molar-refractivity contribution >= 4 is 50.5 Å². The highest BCUT2D eigenvalue weighted by molar-refractivity contribution is 7.89. The van der Waals surface area contributed by atoms with Gasteiger partial charge in [0.15, 0.2) is 0 Å². The van der Waals surface area contributed by atoms with Crippen molar-refractivity contribution in [3.05, 3.63) is 52.3 Å². The molecule has 0 aromatic heterocycles. The lowest BCUT2D eigenvalue weighted by Crippen LogP contribution is -2.43. The first kappa shape index (κ1) is 19.9. The van der Waals surface area contributed by atoms with Gasteiger partial charge in [0.2, 0.25) is 15.9 Å². The number of rotatable bonds is 4. The Hall–Kier alpha value is -1.87. The number of carbonyl (C=O) groups is 1. The maximum Gasteiger partial charge on any atom is 0.246 e. The van der Waals surface area contributed by atoms with E-state index < -0.39 is 32.7 Å². The van der Waals surface area contributed by atoms with Gasteiger partial charge in [-0.15, -0.1) is 0 Å². The van der Waals surface area contributed by atoms with Crippen LogP contribution >= 0.6 is 23.2 Å². The predicted octanol–water partition coefficient (Wildman–Crippen LogP) is 3.51. The molecule has 1 fully saturated rings. The molecule has 6 nitrogen and oxygen atoms in total. The van der Waals surface area contributed by atoms with Crippen molar-refractivity contribution in [2.45, 2.75) is 23.8 Å². The molecule has 0 spiro atoms. The lowest BCUT2D eigenvalue weighted by molar-refractivity contribution is -0.119. The number of hydrogen-bond donors (Lipinski definition) is 2. The average Bonchev–Trinajstić information content (AvgIpc) is 3.10. The third-order valence-electron chi connectivity index (χ3n) is 4.28. The molecule has 27 heavy (non-hydrogen) atoms. The first-order valence-corrected chi connectivity index (χ1v) is 10.2. The summed E-state index contributed by atoms with van der Waals surface area (Å²) in [5.41, 5.74) is 6.13. The fourth-order valence-corrected chi connectivity index (χ4v) is 5.16. The van der Waals surface area contributed by atoms with E-state index in [9.17, 15) is 17.6 Å². The summed E-state index contributed by atoms with van der Waals surface area (Å²) in [4.78, 5) is 12.2. The van der Waals surface area contributed by atoms with E-state index >= 15 is 0 Å². The summed E-state index contributed by atoms with van der Waals surface area (Å²) < 4.78 is 40.7. The summed E-state index contributed by atoms with van der Waals surface area (Å²) in [6.07, 6.45) is 0.797. The maximum absolute atomic E-state index is 14.0. The quantitative estimate of drug-likeness (QED) is 0.724. The number of amides is 1. The molecular formula is C17H16Cl2FN3O3S. The lowest BCUT2D eigenvalue weighted by Gasteiger charge is -2.23. The first-order valence-electron chi connectivity index (χ1n) is 8.03. The van der Waals surface area contributed by atoms with Gasteiger partial charge in [0.1, 0.15) is 16.8 Å². The number of carbonyl (C=O) groups excluding carboxylic acids is 1. The minimum absolute atomic E-state index is 0.123. The van der Waals surface area contributed by atoms with Crippen molar-refractivity contribution in [1.29, 1.82) is 0 Å². The van der Waals surface area contributed by atoms with Gasteiger partial charge in [-0.05, 0) is 37.1 Å². The van der Waals surface area contributed by atoms with E-state index in [2.05, 4.69) is 5.32 Å². The van der Waals surface area contributed by atoms with Crippen LogP contribution in [0.3, 0.4) is 0 Å². The van der Waals surface area contributed by atoms with Gasteiger partial charge in [0.05, 0.1) is 15.7 Å². The molecule has 0 saturated carbocycles. The highest BCUT2D eigenvalue weighted by Crippen LogP contribution is 2.32. The average molecular weight is 432 g/mol. The Bertz CT molecular complexity index is 978. The Morgan fingerprint density at radius 2 is 1.85 bits per heavy atom. The molecule has 1 saturated heterocycles. The van der Waals surface area contributed by atoms with Crippen LogP contribution in [0.15, 0.2) is 41.3 Å². The SMILES string of the molecule is Nc1c(Cl)cc(NC(=O)C2CCCN2S(=O)(=O)c2ccccc2F)cc1Cl. The van der Waals surface area contributed by atoms with Crippen molar-refractivity contribution in [3.8, 4) is 0 Å². The van der Waals surface area contributed by atoms with Gasteiger partial charge in [0.25, 0.3) is 0 Å². The largest absolute Gasteiger partial charge is 0.396 e. The Labute approximate surface area is 166 Å². The van der Waals surface area contributed by atoms with Gasteiger partial charge in [-0.2, -0.15) is 4.31 Å². The number of nitrogen functional groups attached to an aromatic ring is 1. The van der Waals surface area contributed by atoms with Crippen LogP contribution in [-0.4, -0.2) is 31.2 Å². The minimum Gasteiger partial charge on any atom is -0.396 e. The van der Waals surface area contributed by atoms with Crippen LogP contribution in [0.4, 0.5) is 15.8 Å². The third kappa shape index (κ3) is 3.89. The van der Waals surface area contributed by atoms with Crippen molar-refractivity contribution < 1.29 is 17.6 Å². The number of halogens is 3. The zero-order valence-corrected chi connectivity index (χ0v) is 16.3. The predicted molar refractivity (Wildman–Crippen MR) is 103 cm³/mol. The molecule has 0 aliphatic carbocycles. The van der Waals surface area contributed by atoms with Crippen LogP contribution in [0.1, 0.15) is 12.8 Å². The van der Waals surface area contributed by atoms with E-state index in [1.165, 1.54) is 30.3 Å². The molecule has 1 aliphatic heterocycles. The Morgan fingerprint density at radius 1 is 1.22 bits per heavy atom. The number of sulfonamides is 1. The smallest absolute Gasteiger partial charge is 0.246 e. The topological polar surface area (TPSA) is 92.5 Å². The summed E-state index contributed by atoms with van der Waals surface area (Å²) in [7, 11) is -4.15. The summed E-state index contributed by atoms with van der Waals surface area (Å²) >= 11 is 11.9. The minimum atomic E-state index is -4.15. The van der Waals surface area contributed by atoms with Gasteiger partial charge in [-0.3, -0.25) is 4.79 Å². The molecule has 1 aliphatic rings. The molecule has 2 aromatic rings. The number of nitrogens with zero attached hydrogens (tertiary/aromatic N) is 1. The summed E-state index contributed by atoms with van der Waals surface area (Å²) in [5.74, 6) is -1.41. The number of nitrogens with one attached hydrogen (secondary N) is 1. The number of benzene rings is 2. The lowest BCUT2D eigenvalue weighted by atomic mass is 10.2. The molecule has 1 amide bonds.